The monoisotopic (exact) mass is 460 g/mol. The van der Waals surface area contributed by atoms with E-state index in [1.54, 1.807) is 30.3 Å². The van der Waals surface area contributed by atoms with Crippen LogP contribution in [0.25, 0.3) is 11.0 Å². The lowest BCUT2D eigenvalue weighted by Crippen LogP contribution is -2.41. The molecule has 1 aliphatic heterocycles. The maximum Gasteiger partial charge on any atom is 0.223 e. The Morgan fingerprint density at radius 3 is 2.41 bits per heavy atom. The van der Waals surface area contributed by atoms with Gasteiger partial charge in [-0.15, -0.1) is 0 Å². The highest BCUT2D eigenvalue weighted by Gasteiger charge is 2.27. The van der Waals surface area contributed by atoms with Gasteiger partial charge in [0, 0.05) is 31.1 Å². The number of halogens is 2. The summed E-state index contributed by atoms with van der Waals surface area (Å²) >= 11 is 0. The number of rotatable bonds is 6. The molecule has 0 spiro atoms. The van der Waals surface area contributed by atoms with Gasteiger partial charge in [0.15, 0.2) is 0 Å². The minimum absolute atomic E-state index is 0.0391. The summed E-state index contributed by atoms with van der Waals surface area (Å²) in [5, 5.41) is 2.89. The lowest BCUT2D eigenvalue weighted by Gasteiger charge is -2.32. The number of carbonyl (C=O) groups is 1. The van der Waals surface area contributed by atoms with Crippen molar-refractivity contribution in [2.24, 2.45) is 5.92 Å². The number of carbonyl (C=O) groups excluding carboxylic acids is 1. The molecule has 1 N–H and O–H groups in total. The van der Waals surface area contributed by atoms with E-state index in [9.17, 15) is 13.6 Å². The number of benzene rings is 3. The third-order valence-electron chi connectivity index (χ3n) is 6.45. The van der Waals surface area contributed by atoms with E-state index >= 15 is 0 Å². The second-order valence-electron chi connectivity index (χ2n) is 8.68. The predicted octanol–water partition coefficient (Wildman–Crippen LogP) is 4.90. The van der Waals surface area contributed by atoms with Crippen molar-refractivity contribution >= 4 is 22.9 Å². The van der Waals surface area contributed by atoms with E-state index in [4.69, 9.17) is 4.98 Å². The highest BCUT2D eigenvalue weighted by atomic mass is 19.1. The normalized spacial score (nSPS) is 14.5. The highest BCUT2D eigenvalue weighted by molar-refractivity contribution is 5.80. The topological polar surface area (TPSA) is 50.2 Å². The zero-order chi connectivity index (χ0) is 23.5. The van der Waals surface area contributed by atoms with Gasteiger partial charge in [-0.2, -0.15) is 0 Å². The Kier molecular flexibility index (Phi) is 6.25. The molecule has 34 heavy (non-hydrogen) atoms. The number of aromatic nitrogens is 2. The van der Waals surface area contributed by atoms with Crippen LogP contribution >= 0.6 is 0 Å². The molecule has 5 nitrogen and oxygen atoms in total. The fraction of sp³-hybridized carbons (Fsp3) is 0.259. The zero-order valence-electron chi connectivity index (χ0n) is 18.8. The van der Waals surface area contributed by atoms with Crippen LogP contribution in [-0.2, 0) is 17.9 Å². The number of nitrogens with zero attached hydrogens (tertiary/aromatic N) is 3. The third kappa shape index (κ3) is 4.64. The second kappa shape index (κ2) is 9.63. The first kappa shape index (κ1) is 22.1. The van der Waals surface area contributed by atoms with Crippen LogP contribution in [0.1, 0.15) is 24.0 Å². The molecule has 7 heteroatoms. The number of anilines is 1. The van der Waals surface area contributed by atoms with E-state index in [0.29, 0.717) is 38.0 Å². The average molecular weight is 461 g/mol. The number of piperidine rings is 1. The highest BCUT2D eigenvalue weighted by Crippen LogP contribution is 2.28. The van der Waals surface area contributed by atoms with Crippen molar-refractivity contribution in [2.45, 2.75) is 25.9 Å². The molecule has 0 unspecified atom stereocenters. The molecule has 1 fully saturated rings. The van der Waals surface area contributed by atoms with Gasteiger partial charge < -0.3 is 14.8 Å². The summed E-state index contributed by atoms with van der Waals surface area (Å²) < 4.78 is 29.4. The Hall–Kier alpha value is -3.74. The molecule has 174 valence electrons. The van der Waals surface area contributed by atoms with E-state index in [1.165, 1.54) is 18.2 Å². The Bertz CT molecular complexity index is 1290. The number of hydrogen-bond donors (Lipinski definition) is 1. The molecule has 1 saturated heterocycles. The average Bonchev–Trinajstić information content (AvgIpc) is 3.23. The van der Waals surface area contributed by atoms with Crippen molar-refractivity contribution in [3.05, 3.63) is 95.6 Å². The quantitative estimate of drug-likeness (QED) is 0.446. The van der Waals surface area contributed by atoms with Crippen molar-refractivity contribution in [2.75, 3.05) is 18.0 Å². The molecule has 0 atom stereocenters. The van der Waals surface area contributed by atoms with Crippen LogP contribution in [0.2, 0.25) is 0 Å². The maximum absolute atomic E-state index is 13.8. The van der Waals surface area contributed by atoms with Gasteiger partial charge in [-0.1, -0.05) is 42.5 Å². The molecule has 5 rings (SSSR count). The molecule has 3 aromatic carbocycles. The van der Waals surface area contributed by atoms with Crippen molar-refractivity contribution in [3.63, 3.8) is 0 Å². The first-order valence-electron chi connectivity index (χ1n) is 11.5. The molecule has 4 aromatic rings. The summed E-state index contributed by atoms with van der Waals surface area (Å²) in [6, 6.07) is 21.0. The second-order valence-corrected chi connectivity index (χ2v) is 8.68. The van der Waals surface area contributed by atoms with E-state index < -0.39 is 0 Å². The maximum atomic E-state index is 13.8. The summed E-state index contributed by atoms with van der Waals surface area (Å²) in [5.74, 6) is 0.142. The van der Waals surface area contributed by atoms with Crippen molar-refractivity contribution < 1.29 is 13.6 Å². The minimum Gasteiger partial charge on any atom is -0.352 e. The Balaban J connectivity index is 1.28. The molecule has 1 aromatic heterocycles. The summed E-state index contributed by atoms with van der Waals surface area (Å²) in [6.45, 7) is 2.17. The molecule has 0 radical (unpaired) electrons. The van der Waals surface area contributed by atoms with Gasteiger partial charge in [-0.05, 0) is 48.7 Å². The standard InChI is InChI=1S/C27H26F2N4O/c28-22-11-9-19(10-12-22)18-33-25-8-4-3-7-24(25)31-27(33)32-15-13-20(14-16-32)26(34)30-17-21-5-1-2-6-23(21)29/h1-12,20H,13-18H2,(H,30,34). The van der Waals surface area contributed by atoms with E-state index in [-0.39, 0.29) is 30.0 Å². The number of nitrogens with one attached hydrogen (secondary N) is 1. The summed E-state index contributed by atoms with van der Waals surface area (Å²) in [6.07, 6.45) is 1.39. The van der Waals surface area contributed by atoms with Crippen LogP contribution in [0.3, 0.4) is 0 Å². The van der Waals surface area contributed by atoms with Crippen LogP contribution in [0.15, 0.2) is 72.8 Å². The number of imidazole rings is 1. The molecule has 0 aliphatic carbocycles. The minimum atomic E-state index is -0.308. The number of amides is 1. The van der Waals surface area contributed by atoms with Gasteiger partial charge in [-0.3, -0.25) is 4.79 Å². The predicted molar refractivity (Wildman–Crippen MR) is 128 cm³/mol. The van der Waals surface area contributed by atoms with E-state index in [2.05, 4.69) is 14.8 Å². The van der Waals surface area contributed by atoms with Gasteiger partial charge in [-0.25, -0.2) is 13.8 Å². The van der Waals surface area contributed by atoms with Crippen molar-refractivity contribution in [3.8, 4) is 0 Å². The lowest BCUT2D eigenvalue weighted by atomic mass is 9.96. The first-order chi connectivity index (χ1) is 16.6. The van der Waals surface area contributed by atoms with E-state index in [1.807, 2.05) is 24.3 Å². The summed E-state index contributed by atoms with van der Waals surface area (Å²) in [5.41, 5.74) is 3.41. The lowest BCUT2D eigenvalue weighted by molar-refractivity contribution is -0.125. The smallest absolute Gasteiger partial charge is 0.223 e. The molecular formula is C27H26F2N4O. The Morgan fingerprint density at radius 2 is 1.65 bits per heavy atom. The largest absolute Gasteiger partial charge is 0.352 e. The van der Waals surface area contributed by atoms with Gasteiger partial charge in [0.2, 0.25) is 11.9 Å². The van der Waals surface area contributed by atoms with Crippen molar-refractivity contribution in [1.82, 2.24) is 14.9 Å². The molecule has 0 saturated carbocycles. The molecular weight excluding hydrogens is 434 g/mol. The number of hydrogen-bond acceptors (Lipinski definition) is 3. The first-order valence-corrected chi connectivity index (χ1v) is 11.5. The zero-order valence-corrected chi connectivity index (χ0v) is 18.8. The van der Waals surface area contributed by atoms with Crippen LogP contribution in [0.4, 0.5) is 14.7 Å². The van der Waals surface area contributed by atoms with E-state index in [0.717, 1.165) is 22.5 Å². The van der Waals surface area contributed by atoms with Gasteiger partial charge >= 0.3 is 0 Å². The SMILES string of the molecule is O=C(NCc1ccccc1F)C1CCN(c2nc3ccccc3n2Cc2ccc(F)cc2)CC1. The molecule has 1 amide bonds. The summed E-state index contributed by atoms with van der Waals surface area (Å²) in [7, 11) is 0. The Morgan fingerprint density at radius 1 is 0.941 bits per heavy atom. The molecule has 2 heterocycles. The van der Waals surface area contributed by atoms with Crippen molar-refractivity contribution in [1.29, 1.82) is 0 Å². The molecule has 0 bridgehead atoms. The third-order valence-corrected chi connectivity index (χ3v) is 6.45. The fourth-order valence-electron chi connectivity index (χ4n) is 4.54. The van der Waals surface area contributed by atoms with Gasteiger partial charge in [0.25, 0.3) is 0 Å². The van der Waals surface area contributed by atoms with Crippen LogP contribution in [0.5, 0.6) is 0 Å². The van der Waals surface area contributed by atoms with Crippen LogP contribution < -0.4 is 10.2 Å². The number of para-hydroxylation sites is 2. The van der Waals surface area contributed by atoms with Gasteiger partial charge in [0.1, 0.15) is 11.6 Å². The Labute approximate surface area is 197 Å². The fourth-order valence-corrected chi connectivity index (χ4v) is 4.54. The molecule has 1 aliphatic rings. The number of fused-ring (bicyclic) bond motifs is 1. The van der Waals surface area contributed by atoms with Crippen LogP contribution in [0, 0.1) is 17.6 Å². The van der Waals surface area contributed by atoms with Crippen LogP contribution in [-0.4, -0.2) is 28.5 Å². The summed E-state index contributed by atoms with van der Waals surface area (Å²) in [4.78, 5) is 19.8. The van der Waals surface area contributed by atoms with Gasteiger partial charge in [0.05, 0.1) is 17.6 Å².